The molecule has 0 aromatic heterocycles. The maximum absolute atomic E-state index is 12.3. The van der Waals surface area contributed by atoms with Gasteiger partial charge in [0.05, 0.1) is 6.21 Å². The highest BCUT2D eigenvalue weighted by molar-refractivity contribution is 5.86. The summed E-state index contributed by atoms with van der Waals surface area (Å²) in [5.41, 5.74) is 6.18. The van der Waals surface area contributed by atoms with E-state index in [4.69, 9.17) is 9.47 Å². The van der Waals surface area contributed by atoms with E-state index in [2.05, 4.69) is 55.6 Å². The number of hydrazone groups is 1. The zero-order chi connectivity index (χ0) is 19.0. The van der Waals surface area contributed by atoms with Crippen molar-refractivity contribution >= 4 is 12.1 Å². The van der Waals surface area contributed by atoms with Crippen LogP contribution in [0.1, 0.15) is 49.8 Å². The van der Waals surface area contributed by atoms with E-state index in [9.17, 15) is 4.79 Å². The lowest BCUT2D eigenvalue weighted by molar-refractivity contribution is -0.122. The lowest BCUT2D eigenvalue weighted by Crippen LogP contribution is -2.20. The number of rotatable bonds is 4. The van der Waals surface area contributed by atoms with Crippen LogP contribution in [0.2, 0.25) is 0 Å². The Balaban J connectivity index is 1.32. The zero-order valence-corrected chi connectivity index (χ0v) is 15.9. The van der Waals surface area contributed by atoms with Gasteiger partial charge in [-0.15, -0.1) is 0 Å². The van der Waals surface area contributed by atoms with Crippen LogP contribution < -0.4 is 14.9 Å². The minimum atomic E-state index is -0.0307. The van der Waals surface area contributed by atoms with Crippen LogP contribution in [-0.2, 0) is 10.2 Å². The van der Waals surface area contributed by atoms with Gasteiger partial charge in [-0.05, 0) is 52.6 Å². The Hall–Kier alpha value is -2.82. The molecule has 0 saturated heterocycles. The van der Waals surface area contributed by atoms with E-state index in [-0.39, 0.29) is 24.0 Å². The van der Waals surface area contributed by atoms with Crippen molar-refractivity contribution in [2.45, 2.75) is 38.5 Å². The number of carbonyl (C=O) groups excluding carboxylic acids is 1. The van der Waals surface area contributed by atoms with Gasteiger partial charge in [0.2, 0.25) is 12.7 Å². The lowest BCUT2D eigenvalue weighted by Gasteiger charge is -2.19. The topological polar surface area (TPSA) is 59.9 Å². The first-order valence-corrected chi connectivity index (χ1v) is 9.25. The molecule has 1 saturated carbocycles. The molecule has 0 bridgehead atoms. The predicted molar refractivity (Wildman–Crippen MR) is 104 cm³/mol. The lowest BCUT2D eigenvalue weighted by atomic mass is 9.86. The van der Waals surface area contributed by atoms with Crippen molar-refractivity contribution in [3.63, 3.8) is 0 Å². The molecule has 5 nitrogen and oxygen atoms in total. The van der Waals surface area contributed by atoms with Crippen molar-refractivity contribution in [3.05, 3.63) is 59.2 Å². The minimum absolute atomic E-state index is 0.000564. The number of nitrogens with one attached hydrogen (secondary N) is 1. The van der Waals surface area contributed by atoms with E-state index in [1.165, 1.54) is 11.1 Å². The van der Waals surface area contributed by atoms with Gasteiger partial charge in [0.15, 0.2) is 11.5 Å². The predicted octanol–water partition coefficient (Wildman–Crippen LogP) is 3.97. The van der Waals surface area contributed by atoms with Gasteiger partial charge in [-0.3, -0.25) is 4.79 Å². The molecule has 140 valence electrons. The second-order valence-electron chi connectivity index (χ2n) is 8.17. The van der Waals surface area contributed by atoms with Crippen molar-refractivity contribution in [1.82, 2.24) is 5.43 Å². The van der Waals surface area contributed by atoms with Gasteiger partial charge in [-0.25, -0.2) is 5.43 Å². The number of ether oxygens (including phenoxy) is 2. The molecule has 1 fully saturated rings. The molecule has 1 N–H and O–H groups in total. The highest BCUT2D eigenvalue weighted by Gasteiger charge is 2.44. The van der Waals surface area contributed by atoms with Crippen molar-refractivity contribution in [3.8, 4) is 11.5 Å². The first-order chi connectivity index (χ1) is 12.9. The molecule has 2 aromatic carbocycles. The maximum atomic E-state index is 12.3. The average Bonchev–Trinajstić information content (AvgIpc) is 3.31. The maximum Gasteiger partial charge on any atom is 0.243 e. The van der Waals surface area contributed by atoms with Crippen LogP contribution in [0.25, 0.3) is 0 Å². The molecule has 1 heterocycles. The highest BCUT2D eigenvalue weighted by Crippen LogP contribution is 2.47. The van der Waals surface area contributed by atoms with Gasteiger partial charge in [0, 0.05) is 5.92 Å². The summed E-state index contributed by atoms with van der Waals surface area (Å²) >= 11 is 0. The number of nitrogens with zero attached hydrogens (tertiary/aromatic N) is 1. The summed E-state index contributed by atoms with van der Waals surface area (Å²) in [7, 11) is 0. The largest absolute Gasteiger partial charge is 0.454 e. The molecule has 4 rings (SSSR count). The number of benzene rings is 2. The molecule has 0 unspecified atom stereocenters. The van der Waals surface area contributed by atoms with Gasteiger partial charge < -0.3 is 9.47 Å². The van der Waals surface area contributed by atoms with Crippen LogP contribution in [0, 0.1) is 5.92 Å². The summed E-state index contributed by atoms with van der Waals surface area (Å²) in [6, 6.07) is 14.2. The quantitative estimate of drug-likeness (QED) is 0.660. The highest BCUT2D eigenvalue weighted by atomic mass is 16.7. The Morgan fingerprint density at radius 3 is 2.59 bits per heavy atom. The number of carbonyl (C=O) groups is 1. The smallest absolute Gasteiger partial charge is 0.243 e. The molecule has 1 aliphatic heterocycles. The van der Waals surface area contributed by atoms with Crippen LogP contribution in [-0.4, -0.2) is 18.9 Å². The fourth-order valence-electron chi connectivity index (χ4n) is 3.33. The SMILES string of the molecule is CC(C)(C)c1ccc([C@H]2C[C@H]2C(=O)NN=Cc2ccc3c(c2)OCO3)cc1. The minimum Gasteiger partial charge on any atom is -0.454 e. The zero-order valence-electron chi connectivity index (χ0n) is 15.9. The van der Waals surface area contributed by atoms with Gasteiger partial charge in [-0.1, -0.05) is 45.0 Å². The number of amides is 1. The van der Waals surface area contributed by atoms with E-state index in [1.54, 1.807) is 6.21 Å². The molecule has 0 radical (unpaired) electrons. The summed E-state index contributed by atoms with van der Waals surface area (Å²) in [6.07, 6.45) is 2.50. The molecule has 1 aliphatic carbocycles. The van der Waals surface area contributed by atoms with E-state index in [0.717, 1.165) is 17.7 Å². The van der Waals surface area contributed by atoms with Crippen LogP contribution in [0.4, 0.5) is 0 Å². The first-order valence-electron chi connectivity index (χ1n) is 9.25. The fraction of sp³-hybridized carbons (Fsp3) is 0.364. The third kappa shape index (κ3) is 3.82. The van der Waals surface area contributed by atoms with Crippen LogP contribution in [0.15, 0.2) is 47.6 Å². The summed E-state index contributed by atoms with van der Waals surface area (Å²) < 4.78 is 10.6. The van der Waals surface area contributed by atoms with Crippen molar-refractivity contribution in [2.75, 3.05) is 6.79 Å². The molecule has 27 heavy (non-hydrogen) atoms. The summed E-state index contributed by atoms with van der Waals surface area (Å²) in [5, 5.41) is 4.08. The van der Waals surface area contributed by atoms with Gasteiger partial charge in [-0.2, -0.15) is 5.10 Å². The number of hydrogen-bond donors (Lipinski definition) is 1. The third-order valence-electron chi connectivity index (χ3n) is 5.12. The molecular weight excluding hydrogens is 340 g/mol. The molecule has 5 heteroatoms. The Labute approximate surface area is 159 Å². The fourth-order valence-corrected chi connectivity index (χ4v) is 3.33. The Kier molecular flexibility index (Phi) is 4.38. The van der Waals surface area contributed by atoms with Crippen molar-refractivity contribution < 1.29 is 14.3 Å². The third-order valence-corrected chi connectivity index (χ3v) is 5.12. The molecular formula is C22H24N2O3. The molecule has 2 atom stereocenters. The van der Waals surface area contributed by atoms with E-state index >= 15 is 0 Å². The second-order valence-corrected chi connectivity index (χ2v) is 8.17. The molecule has 1 amide bonds. The van der Waals surface area contributed by atoms with E-state index < -0.39 is 0 Å². The summed E-state index contributed by atoms with van der Waals surface area (Å²) in [5.74, 6) is 1.69. The number of hydrogen-bond acceptors (Lipinski definition) is 4. The van der Waals surface area contributed by atoms with Crippen molar-refractivity contribution in [1.29, 1.82) is 0 Å². The van der Waals surface area contributed by atoms with Crippen LogP contribution >= 0.6 is 0 Å². The Morgan fingerprint density at radius 2 is 1.85 bits per heavy atom. The Morgan fingerprint density at radius 1 is 1.11 bits per heavy atom. The summed E-state index contributed by atoms with van der Waals surface area (Å²) in [6.45, 7) is 6.85. The molecule has 2 aliphatic rings. The van der Waals surface area contributed by atoms with Crippen LogP contribution in [0.3, 0.4) is 0 Å². The normalized spacial score (nSPS) is 20.7. The second kappa shape index (κ2) is 6.72. The molecule has 0 spiro atoms. The van der Waals surface area contributed by atoms with E-state index in [0.29, 0.717) is 11.7 Å². The monoisotopic (exact) mass is 364 g/mol. The van der Waals surface area contributed by atoms with Gasteiger partial charge in [0.1, 0.15) is 0 Å². The average molecular weight is 364 g/mol. The van der Waals surface area contributed by atoms with E-state index in [1.807, 2.05) is 18.2 Å². The standard InChI is InChI=1S/C22H24N2O3/c1-22(2,3)16-7-5-15(6-8-16)17-11-18(17)21(25)24-23-12-14-4-9-19-20(10-14)27-13-26-19/h4-10,12,17-18H,11,13H2,1-3H3,(H,24,25)/t17-,18-/m1/s1. The van der Waals surface area contributed by atoms with Crippen LogP contribution in [0.5, 0.6) is 11.5 Å². The number of fused-ring (bicyclic) bond motifs is 1. The first kappa shape index (κ1) is 17.6. The Bertz CT molecular complexity index is 881. The van der Waals surface area contributed by atoms with Gasteiger partial charge >= 0.3 is 0 Å². The van der Waals surface area contributed by atoms with Gasteiger partial charge in [0.25, 0.3) is 0 Å². The summed E-state index contributed by atoms with van der Waals surface area (Å²) in [4.78, 5) is 12.3. The van der Waals surface area contributed by atoms with Crippen molar-refractivity contribution in [2.24, 2.45) is 11.0 Å². The molecule has 2 aromatic rings.